The summed E-state index contributed by atoms with van der Waals surface area (Å²) >= 11 is 1.40. The summed E-state index contributed by atoms with van der Waals surface area (Å²) in [6.07, 6.45) is 1.55. The van der Waals surface area contributed by atoms with Crippen molar-refractivity contribution in [3.05, 3.63) is 5.01 Å². The van der Waals surface area contributed by atoms with Crippen LogP contribution in [0, 0.1) is 0 Å². The van der Waals surface area contributed by atoms with E-state index in [4.69, 9.17) is 9.47 Å². The highest BCUT2D eigenvalue weighted by atomic mass is 32.1. The Hall–Kier alpha value is -1.94. The molecular weight excluding hydrogens is 382 g/mol. The molecule has 1 aromatic rings. The number of urea groups is 1. The molecule has 1 aliphatic carbocycles. The molecule has 1 aliphatic heterocycles. The molecule has 0 bridgehead atoms. The normalized spacial score (nSPS) is 24.1. The van der Waals surface area contributed by atoms with E-state index in [1.54, 1.807) is 4.90 Å². The van der Waals surface area contributed by atoms with Crippen LogP contribution in [0.2, 0.25) is 0 Å². The van der Waals surface area contributed by atoms with Crippen molar-refractivity contribution >= 4 is 28.6 Å². The van der Waals surface area contributed by atoms with Crippen molar-refractivity contribution in [1.29, 1.82) is 0 Å². The van der Waals surface area contributed by atoms with E-state index in [0.717, 1.165) is 17.8 Å². The van der Waals surface area contributed by atoms with E-state index >= 15 is 0 Å². The second-order valence-electron chi connectivity index (χ2n) is 8.74. The number of nitrogens with one attached hydrogen (secondary N) is 2. The molecule has 2 aliphatic rings. The van der Waals surface area contributed by atoms with E-state index in [9.17, 15) is 9.59 Å². The molecule has 156 valence electrons. The smallest absolute Gasteiger partial charge is 0.412 e. The van der Waals surface area contributed by atoms with Crippen LogP contribution in [-0.2, 0) is 9.47 Å². The third-order valence-electron chi connectivity index (χ3n) is 4.58. The molecule has 1 saturated carbocycles. The second kappa shape index (κ2) is 7.47. The first-order chi connectivity index (χ1) is 13.0. The fraction of sp³-hybridized carbons (Fsp3) is 0.778. The van der Waals surface area contributed by atoms with Crippen molar-refractivity contribution in [1.82, 2.24) is 20.4 Å². The highest BCUT2D eigenvalue weighted by Gasteiger charge is 2.49. The van der Waals surface area contributed by atoms with E-state index in [-0.39, 0.29) is 24.7 Å². The summed E-state index contributed by atoms with van der Waals surface area (Å²) in [4.78, 5) is 26.6. The predicted octanol–water partition coefficient (Wildman–Crippen LogP) is 3.30. The first-order valence-electron chi connectivity index (χ1n) is 9.54. The average molecular weight is 412 g/mol. The molecule has 2 heterocycles. The number of ether oxygens (including phenoxy) is 2. The molecule has 1 aromatic heterocycles. The molecule has 0 radical (unpaired) electrons. The summed E-state index contributed by atoms with van der Waals surface area (Å²) in [7, 11) is 0. The first-order valence-corrected chi connectivity index (χ1v) is 10.4. The fourth-order valence-electron chi connectivity index (χ4n) is 3.24. The first kappa shape index (κ1) is 20.8. The molecular formula is C18H29N5O4S. The van der Waals surface area contributed by atoms with Crippen LogP contribution in [0.3, 0.4) is 0 Å². The van der Waals surface area contributed by atoms with Gasteiger partial charge in [0.15, 0.2) is 0 Å². The van der Waals surface area contributed by atoms with Crippen LogP contribution >= 0.6 is 11.3 Å². The van der Waals surface area contributed by atoms with E-state index < -0.39 is 17.4 Å². The second-order valence-corrected chi connectivity index (χ2v) is 9.75. The van der Waals surface area contributed by atoms with Gasteiger partial charge in [0.1, 0.15) is 16.3 Å². The van der Waals surface area contributed by atoms with E-state index in [1.807, 2.05) is 41.5 Å². The number of nitrogens with zero attached hydrogens (tertiary/aromatic N) is 3. The molecule has 28 heavy (non-hydrogen) atoms. The van der Waals surface area contributed by atoms with Gasteiger partial charge in [0.05, 0.1) is 12.1 Å². The summed E-state index contributed by atoms with van der Waals surface area (Å²) in [5, 5.41) is 15.1. The maximum absolute atomic E-state index is 12.7. The third-order valence-corrected chi connectivity index (χ3v) is 5.58. The zero-order valence-corrected chi connectivity index (χ0v) is 18.1. The van der Waals surface area contributed by atoms with Crippen molar-refractivity contribution in [3.8, 4) is 0 Å². The molecule has 2 atom stereocenters. The van der Waals surface area contributed by atoms with E-state index in [0.29, 0.717) is 11.0 Å². The van der Waals surface area contributed by atoms with Crippen LogP contribution in [0.15, 0.2) is 0 Å². The lowest BCUT2D eigenvalue weighted by Gasteiger charge is -2.35. The van der Waals surface area contributed by atoms with Crippen molar-refractivity contribution < 1.29 is 19.1 Å². The Labute approximate surface area is 169 Å². The molecule has 10 heteroatoms. The lowest BCUT2D eigenvalue weighted by atomic mass is 10.1. The van der Waals surface area contributed by atoms with Crippen LogP contribution in [0.4, 0.5) is 14.7 Å². The van der Waals surface area contributed by atoms with Gasteiger partial charge in [0.2, 0.25) is 5.13 Å². The van der Waals surface area contributed by atoms with Crippen LogP contribution in [-0.4, -0.2) is 57.2 Å². The Balaban J connectivity index is 1.59. The summed E-state index contributed by atoms with van der Waals surface area (Å²) in [5.41, 5.74) is -1.45. The number of rotatable bonds is 4. The largest absolute Gasteiger partial charge is 0.444 e. The zero-order valence-electron chi connectivity index (χ0n) is 17.2. The number of carbonyl (C=O) groups is 2. The van der Waals surface area contributed by atoms with Gasteiger partial charge in [-0.05, 0) is 54.4 Å². The van der Waals surface area contributed by atoms with Crippen molar-refractivity contribution in [2.75, 3.05) is 11.9 Å². The Morgan fingerprint density at radius 3 is 2.61 bits per heavy atom. The summed E-state index contributed by atoms with van der Waals surface area (Å²) in [6.45, 7) is 11.2. The maximum Gasteiger partial charge on any atom is 0.412 e. The van der Waals surface area contributed by atoms with Crippen LogP contribution < -0.4 is 10.6 Å². The molecule has 3 rings (SSSR count). The van der Waals surface area contributed by atoms with Gasteiger partial charge in [-0.1, -0.05) is 11.3 Å². The van der Waals surface area contributed by atoms with Crippen LogP contribution in [0.25, 0.3) is 0 Å². The molecule has 3 amide bonds. The Morgan fingerprint density at radius 2 is 2.00 bits per heavy atom. The van der Waals surface area contributed by atoms with E-state index in [1.165, 1.54) is 11.3 Å². The monoisotopic (exact) mass is 411 g/mol. The Bertz CT molecular complexity index is 741. The SMILES string of the molecule is CC1OC(C)(C)N(C(=O)OC(C)(C)C)C1CNC(=O)Nc1nnc(C2CC2)s1. The van der Waals surface area contributed by atoms with Gasteiger partial charge in [-0.15, -0.1) is 10.2 Å². The van der Waals surface area contributed by atoms with Crippen molar-refractivity contribution in [2.45, 2.75) is 83.8 Å². The number of carbonyl (C=O) groups excluding carboxylic acids is 2. The standard InChI is InChI=1S/C18H29N5O4S/c1-10-12(23(18(5,6)26-10)16(25)27-17(2,3)4)9-19-14(24)20-15-22-21-13(28-15)11-7-8-11/h10-12H,7-9H2,1-6H3,(H2,19,20,22,24). The van der Waals surface area contributed by atoms with Crippen LogP contribution in [0.1, 0.15) is 65.3 Å². The van der Waals surface area contributed by atoms with Gasteiger partial charge in [-0.2, -0.15) is 0 Å². The fourth-order valence-corrected chi connectivity index (χ4v) is 4.15. The highest BCUT2D eigenvalue weighted by molar-refractivity contribution is 7.15. The quantitative estimate of drug-likeness (QED) is 0.787. The summed E-state index contributed by atoms with van der Waals surface area (Å²) in [5.74, 6) is 0.497. The number of anilines is 1. The minimum Gasteiger partial charge on any atom is -0.444 e. The van der Waals surface area contributed by atoms with Crippen LogP contribution in [0.5, 0.6) is 0 Å². The van der Waals surface area contributed by atoms with Gasteiger partial charge < -0.3 is 14.8 Å². The number of aromatic nitrogens is 2. The molecule has 0 aromatic carbocycles. The number of hydrogen-bond acceptors (Lipinski definition) is 7. The third kappa shape index (κ3) is 4.91. The van der Waals surface area contributed by atoms with Gasteiger partial charge in [-0.25, -0.2) is 9.59 Å². The maximum atomic E-state index is 12.7. The van der Waals surface area contributed by atoms with Gasteiger partial charge >= 0.3 is 12.1 Å². The van der Waals surface area contributed by atoms with Gasteiger partial charge in [0, 0.05) is 12.5 Å². The van der Waals surface area contributed by atoms with E-state index in [2.05, 4.69) is 20.8 Å². The lowest BCUT2D eigenvalue weighted by Crippen LogP contribution is -2.53. The Kier molecular flexibility index (Phi) is 5.55. The predicted molar refractivity (Wildman–Crippen MR) is 105 cm³/mol. The molecule has 9 nitrogen and oxygen atoms in total. The minimum atomic E-state index is -0.830. The number of hydrogen-bond donors (Lipinski definition) is 2. The van der Waals surface area contributed by atoms with Gasteiger partial charge in [0.25, 0.3) is 0 Å². The van der Waals surface area contributed by atoms with Crippen molar-refractivity contribution in [3.63, 3.8) is 0 Å². The molecule has 2 unspecified atom stereocenters. The summed E-state index contributed by atoms with van der Waals surface area (Å²) in [6, 6.07) is -0.744. The molecule has 0 spiro atoms. The molecule has 2 fully saturated rings. The lowest BCUT2D eigenvalue weighted by molar-refractivity contribution is -0.0756. The van der Waals surface area contributed by atoms with Gasteiger partial charge in [-0.3, -0.25) is 10.2 Å². The average Bonchev–Trinajstić information content (AvgIpc) is 3.23. The Morgan fingerprint density at radius 1 is 1.32 bits per heavy atom. The molecule has 1 saturated heterocycles. The molecule has 2 N–H and O–H groups in total. The highest BCUT2D eigenvalue weighted by Crippen LogP contribution is 2.42. The minimum absolute atomic E-state index is 0.226. The van der Waals surface area contributed by atoms with Crippen molar-refractivity contribution in [2.24, 2.45) is 0 Å². The summed E-state index contributed by atoms with van der Waals surface area (Å²) < 4.78 is 11.5. The topological polar surface area (TPSA) is 106 Å². The number of amides is 3. The zero-order chi connectivity index (χ0) is 20.7.